The van der Waals surface area contributed by atoms with Crippen LogP contribution in [0.1, 0.15) is 21.5 Å². The molecule has 3 aromatic carbocycles. The maximum Gasteiger partial charge on any atom is 0.338 e. The van der Waals surface area contributed by atoms with E-state index < -0.39 is 134 Å². The smallest absolute Gasteiger partial charge is 0.338 e. The first-order chi connectivity index (χ1) is 25.9. The van der Waals surface area contributed by atoms with Crippen LogP contribution in [0.2, 0.25) is 0 Å². The van der Waals surface area contributed by atoms with Gasteiger partial charge in [-0.3, -0.25) is 14.4 Å². The van der Waals surface area contributed by atoms with Crippen molar-refractivity contribution >= 4 is 23.3 Å². The van der Waals surface area contributed by atoms with Crippen LogP contribution < -0.4 is 9.47 Å². The minimum atomic E-state index is -3.21. The van der Waals surface area contributed by atoms with Gasteiger partial charge in [0.2, 0.25) is 5.78 Å². The van der Waals surface area contributed by atoms with Gasteiger partial charge in [0.1, 0.15) is 46.7 Å². The highest BCUT2D eigenvalue weighted by atomic mass is 16.6. The zero-order chi connectivity index (χ0) is 39.6. The van der Waals surface area contributed by atoms with Crippen molar-refractivity contribution in [2.45, 2.75) is 42.9 Å². The number of ketones is 3. The molecular weight excluding hydrogens is 732 g/mol. The fraction of sp³-hybridized carbons (Fsp3) is 0.243. The minimum absolute atomic E-state index is 0.0445. The van der Waals surface area contributed by atoms with Gasteiger partial charge in [-0.25, -0.2) is 4.79 Å². The third kappa shape index (κ3) is 4.74. The molecule has 0 amide bonds. The highest BCUT2D eigenvalue weighted by Gasteiger charge is 2.77. The molecule has 1 fully saturated rings. The Morgan fingerprint density at radius 3 is 1.96 bits per heavy atom. The molecule has 2 aliphatic heterocycles. The van der Waals surface area contributed by atoms with Crippen molar-refractivity contribution in [2.75, 3.05) is 0 Å². The fourth-order valence-electron chi connectivity index (χ4n) is 8.39. The third-order valence-electron chi connectivity index (χ3n) is 10.7. The zero-order valence-electron chi connectivity index (χ0n) is 27.7. The molecule has 284 valence electrons. The number of esters is 1. The second-order valence-electron chi connectivity index (χ2n) is 13.8. The first-order valence-electron chi connectivity index (χ1n) is 16.4. The van der Waals surface area contributed by atoms with E-state index in [1.807, 2.05) is 0 Å². The molecule has 2 heterocycles. The summed E-state index contributed by atoms with van der Waals surface area (Å²) in [7, 11) is 0. The molecule has 5 aliphatic rings. The van der Waals surface area contributed by atoms with E-state index in [9.17, 15) is 75.3 Å². The van der Waals surface area contributed by atoms with Gasteiger partial charge >= 0.3 is 5.97 Å². The Bertz CT molecular complexity index is 2380. The van der Waals surface area contributed by atoms with Gasteiger partial charge in [-0.2, -0.15) is 0 Å². The molecule has 0 spiro atoms. The quantitative estimate of drug-likeness (QED) is 0.0994. The molecular formula is C37H28O18. The number of ether oxygens (including phenoxy) is 3. The lowest BCUT2D eigenvalue weighted by atomic mass is 9.61. The molecule has 18 heteroatoms. The Morgan fingerprint density at radius 1 is 0.764 bits per heavy atom. The molecule has 55 heavy (non-hydrogen) atoms. The molecule has 0 saturated heterocycles. The summed E-state index contributed by atoms with van der Waals surface area (Å²) < 4.78 is 18.0. The molecule has 7 atom stereocenters. The summed E-state index contributed by atoms with van der Waals surface area (Å²) in [5.74, 6) is -15.8. The van der Waals surface area contributed by atoms with Gasteiger partial charge < -0.3 is 70.4 Å². The molecule has 0 unspecified atom stereocenters. The number of hydrogen-bond donors (Lipinski definition) is 11. The number of hydrogen-bond acceptors (Lipinski definition) is 18. The molecule has 8 rings (SSSR count). The van der Waals surface area contributed by atoms with Gasteiger partial charge in [0, 0.05) is 54.2 Å². The van der Waals surface area contributed by atoms with Crippen molar-refractivity contribution in [1.29, 1.82) is 0 Å². The molecule has 0 aromatic heterocycles. The van der Waals surface area contributed by atoms with Gasteiger partial charge in [0.25, 0.3) is 5.78 Å². The van der Waals surface area contributed by atoms with Crippen molar-refractivity contribution in [3.8, 4) is 51.7 Å². The Hall–Kier alpha value is -6.92. The summed E-state index contributed by atoms with van der Waals surface area (Å²) >= 11 is 0. The van der Waals surface area contributed by atoms with Crippen LogP contribution in [0.15, 0.2) is 71.2 Å². The van der Waals surface area contributed by atoms with Gasteiger partial charge in [-0.05, 0) is 29.9 Å². The topological polar surface area (TPSA) is 318 Å². The van der Waals surface area contributed by atoms with Crippen molar-refractivity contribution in [3.63, 3.8) is 0 Å². The van der Waals surface area contributed by atoms with Crippen LogP contribution >= 0.6 is 0 Å². The molecule has 0 radical (unpaired) electrons. The number of phenolic OH excluding ortho intramolecular Hbond substituents is 7. The van der Waals surface area contributed by atoms with E-state index in [1.54, 1.807) is 0 Å². The molecule has 18 nitrogen and oxygen atoms in total. The van der Waals surface area contributed by atoms with E-state index >= 15 is 0 Å². The second-order valence-corrected chi connectivity index (χ2v) is 13.8. The van der Waals surface area contributed by atoms with Crippen LogP contribution in [0, 0.1) is 11.3 Å². The Labute approximate surface area is 306 Å². The number of carbonyl (C=O) groups excluding carboxylic acids is 4. The second kappa shape index (κ2) is 11.5. The lowest BCUT2D eigenvalue weighted by molar-refractivity contribution is -0.147. The van der Waals surface area contributed by atoms with E-state index in [0.717, 1.165) is 42.5 Å². The maximum atomic E-state index is 14.4. The summed E-state index contributed by atoms with van der Waals surface area (Å²) in [5, 5.41) is 118. The number of Topliss-reactive ketones (excluding diaryl/α,β-unsaturated/α-hetero) is 2. The van der Waals surface area contributed by atoms with Crippen molar-refractivity contribution in [2.24, 2.45) is 11.3 Å². The number of benzene rings is 3. The van der Waals surface area contributed by atoms with Crippen LogP contribution in [-0.2, 0) is 32.0 Å². The Balaban J connectivity index is 1.34. The zero-order valence-corrected chi connectivity index (χ0v) is 27.7. The average Bonchev–Trinajstić information content (AvgIpc) is 3.50. The highest BCUT2D eigenvalue weighted by Crippen LogP contribution is 2.65. The van der Waals surface area contributed by atoms with Gasteiger partial charge in [-0.15, -0.1) is 0 Å². The van der Waals surface area contributed by atoms with Crippen LogP contribution in [0.5, 0.6) is 51.7 Å². The molecule has 1 saturated carbocycles. The average molecular weight is 761 g/mol. The van der Waals surface area contributed by atoms with Gasteiger partial charge in [0.05, 0.1) is 22.7 Å². The van der Waals surface area contributed by atoms with Crippen LogP contribution in [0.3, 0.4) is 0 Å². The number of phenols is 7. The number of aliphatic hydroxyl groups is 4. The lowest BCUT2D eigenvalue weighted by Crippen LogP contribution is -2.58. The normalized spacial score (nSPS) is 29.3. The molecule has 0 bridgehead atoms. The summed E-state index contributed by atoms with van der Waals surface area (Å²) in [5.41, 5.74) is -7.79. The van der Waals surface area contributed by atoms with E-state index in [2.05, 4.69) is 0 Å². The molecule has 11 N–H and O–H groups in total. The van der Waals surface area contributed by atoms with E-state index in [0.29, 0.717) is 6.08 Å². The number of aliphatic hydroxyl groups excluding tert-OH is 3. The Kier molecular flexibility index (Phi) is 7.37. The Morgan fingerprint density at radius 2 is 1.35 bits per heavy atom. The van der Waals surface area contributed by atoms with Crippen LogP contribution in [-0.4, -0.2) is 110 Å². The SMILES string of the molecule is O=C1C(O)=C[C@]2([C@H]3Oc4cc(O)cc(O)c4C[C@H]3OC(=O)c3cc(O)c(O)c(O)c3)C(=C1O)C(=O)[C@]1(O)C(=O)C=C([C@H]3Oc4cc(O)cc(O)c4C[C@@H]3O)[C@@H]12. The van der Waals surface area contributed by atoms with Crippen molar-refractivity contribution in [1.82, 2.24) is 0 Å². The first-order valence-corrected chi connectivity index (χ1v) is 16.4. The highest BCUT2D eigenvalue weighted by molar-refractivity contribution is 6.29. The van der Waals surface area contributed by atoms with Crippen LogP contribution in [0.4, 0.5) is 0 Å². The van der Waals surface area contributed by atoms with E-state index in [4.69, 9.17) is 14.2 Å². The number of rotatable bonds is 4. The predicted molar refractivity (Wildman–Crippen MR) is 177 cm³/mol. The van der Waals surface area contributed by atoms with E-state index in [-0.39, 0.29) is 34.6 Å². The fourth-order valence-corrected chi connectivity index (χ4v) is 8.39. The molecule has 3 aliphatic carbocycles. The first kappa shape index (κ1) is 35.1. The lowest BCUT2D eigenvalue weighted by Gasteiger charge is -2.48. The standard InChI is InChI=1S/C37H28O18/c38-12-3-17(40)14-7-21(44)31(53-23(14)5-12)16-9-26(46)37(52)32(16)36(10-22(45)29(48)30(49)27(36)33(37)50)34-25(8-15-18(41)4-13(39)6-24(15)54-34)55-35(51)11-1-19(42)28(47)20(43)2-11/h1-6,9-10,21,25,31-32,34,38-45,47,49,52H,7-8H2/t21-,25+,31+,32+,34-,36-,37-/m0/s1. The maximum absolute atomic E-state index is 14.4. The number of aromatic hydroxyl groups is 7. The predicted octanol–water partition coefficient (Wildman–Crippen LogP) is 0.782. The third-order valence-corrected chi connectivity index (χ3v) is 10.7. The van der Waals surface area contributed by atoms with Gasteiger partial charge in [-0.1, -0.05) is 0 Å². The van der Waals surface area contributed by atoms with Crippen molar-refractivity contribution in [3.05, 3.63) is 87.9 Å². The monoisotopic (exact) mass is 760 g/mol. The summed E-state index contributed by atoms with van der Waals surface area (Å²) in [6.45, 7) is 0. The largest absolute Gasteiger partial charge is 0.508 e. The van der Waals surface area contributed by atoms with Crippen LogP contribution in [0.25, 0.3) is 0 Å². The summed E-state index contributed by atoms with van der Waals surface area (Å²) in [4.78, 5) is 55.0. The summed E-state index contributed by atoms with van der Waals surface area (Å²) in [6.07, 6.45) is -6.59. The van der Waals surface area contributed by atoms with E-state index in [1.165, 1.54) is 0 Å². The summed E-state index contributed by atoms with van der Waals surface area (Å²) in [6, 6.07) is 5.45. The number of carbonyl (C=O) groups is 4. The van der Waals surface area contributed by atoms with Crippen molar-refractivity contribution < 1.29 is 89.6 Å². The number of fused-ring (bicyclic) bond motifs is 5. The minimum Gasteiger partial charge on any atom is -0.508 e. The van der Waals surface area contributed by atoms with Gasteiger partial charge in [0.15, 0.2) is 46.3 Å². The molecule has 3 aromatic rings.